The predicted molar refractivity (Wildman–Crippen MR) is 111 cm³/mol. The average molecular weight is 396 g/mol. The molecular weight excluding hydrogens is 368 g/mol. The number of pyridine rings is 1. The van der Waals surface area contributed by atoms with Crippen LogP contribution in [0.25, 0.3) is 10.9 Å². The number of fused-ring (bicyclic) bond motifs is 1. The molecule has 1 aromatic carbocycles. The van der Waals surface area contributed by atoms with Gasteiger partial charge < -0.3 is 20.3 Å². The van der Waals surface area contributed by atoms with Crippen LogP contribution in [-0.2, 0) is 14.3 Å². The molecule has 2 saturated heterocycles. The Morgan fingerprint density at radius 3 is 2.76 bits per heavy atom. The topological polar surface area (TPSA) is 88.8 Å². The number of piperidine rings is 1. The number of hydrogen-bond acceptors (Lipinski definition) is 5. The first kappa shape index (κ1) is 19.6. The fourth-order valence-electron chi connectivity index (χ4n) is 4.24. The third-order valence-electron chi connectivity index (χ3n) is 5.92. The van der Waals surface area contributed by atoms with Crippen LogP contribution in [0, 0.1) is 0 Å². The Hall–Kier alpha value is -2.67. The van der Waals surface area contributed by atoms with Crippen molar-refractivity contribution in [2.45, 2.75) is 31.6 Å². The molecule has 0 atom stereocenters. The molecule has 2 N–H and O–H groups in total. The fraction of sp³-hybridized carbons (Fsp3) is 0.500. The van der Waals surface area contributed by atoms with Crippen molar-refractivity contribution in [2.24, 2.45) is 0 Å². The number of carbonyl (C=O) groups is 2. The first-order valence-corrected chi connectivity index (χ1v) is 10.4. The Labute approximate surface area is 170 Å². The number of amides is 2. The minimum Gasteiger partial charge on any atom is -0.397 e. The highest BCUT2D eigenvalue weighted by molar-refractivity contribution is 5.82. The fourth-order valence-corrected chi connectivity index (χ4v) is 4.24. The van der Waals surface area contributed by atoms with Gasteiger partial charge in [-0.05, 0) is 31.4 Å². The van der Waals surface area contributed by atoms with Crippen molar-refractivity contribution in [1.29, 1.82) is 0 Å². The Bertz CT molecular complexity index is 893. The maximum Gasteiger partial charge on any atom is 0.248 e. The number of ether oxygens (including phenoxy) is 1. The number of nitrogens with two attached hydrogens (primary N) is 1. The maximum absolute atomic E-state index is 12.4. The maximum atomic E-state index is 12.4. The summed E-state index contributed by atoms with van der Waals surface area (Å²) >= 11 is 0. The number of aromatic nitrogens is 1. The lowest BCUT2D eigenvalue weighted by atomic mass is 9.91. The first-order chi connectivity index (χ1) is 14.1. The number of benzene rings is 1. The van der Waals surface area contributed by atoms with E-state index >= 15 is 0 Å². The molecule has 2 aromatic rings. The van der Waals surface area contributed by atoms with E-state index in [0.717, 1.165) is 48.1 Å². The monoisotopic (exact) mass is 396 g/mol. The largest absolute Gasteiger partial charge is 0.397 e. The van der Waals surface area contributed by atoms with Crippen LogP contribution in [0.15, 0.2) is 30.3 Å². The van der Waals surface area contributed by atoms with E-state index in [4.69, 9.17) is 15.5 Å². The van der Waals surface area contributed by atoms with Gasteiger partial charge in [0.15, 0.2) is 0 Å². The van der Waals surface area contributed by atoms with Crippen LogP contribution < -0.4 is 5.73 Å². The van der Waals surface area contributed by atoms with Gasteiger partial charge in [0.1, 0.15) is 6.61 Å². The molecule has 2 aliphatic rings. The van der Waals surface area contributed by atoms with Crippen molar-refractivity contribution < 1.29 is 14.3 Å². The molecule has 0 saturated carbocycles. The van der Waals surface area contributed by atoms with Gasteiger partial charge in [-0.3, -0.25) is 14.6 Å². The molecule has 0 radical (unpaired) electrons. The van der Waals surface area contributed by atoms with Crippen LogP contribution in [-0.4, -0.2) is 66.0 Å². The number of nitrogens with zero attached hydrogens (tertiary/aromatic N) is 3. The zero-order valence-corrected chi connectivity index (χ0v) is 16.7. The standard InChI is InChI=1S/C22H28N4O3/c23-18-14-17-4-1-2-5-19(17)24-22(18)16-7-10-26(11-8-16)21(28)15-29-13-12-25-9-3-6-20(25)27/h1-2,4-5,14,16H,3,6-13,15,23H2. The van der Waals surface area contributed by atoms with Gasteiger partial charge in [0, 0.05) is 43.9 Å². The number of anilines is 1. The smallest absolute Gasteiger partial charge is 0.248 e. The molecule has 0 bridgehead atoms. The van der Waals surface area contributed by atoms with Crippen LogP contribution in [0.3, 0.4) is 0 Å². The van der Waals surface area contributed by atoms with Crippen molar-refractivity contribution in [3.63, 3.8) is 0 Å². The molecule has 0 aliphatic carbocycles. The van der Waals surface area contributed by atoms with Gasteiger partial charge in [-0.2, -0.15) is 0 Å². The lowest BCUT2D eigenvalue weighted by molar-refractivity contribution is -0.137. The quantitative estimate of drug-likeness (QED) is 0.756. The third-order valence-corrected chi connectivity index (χ3v) is 5.92. The zero-order valence-electron chi connectivity index (χ0n) is 16.7. The summed E-state index contributed by atoms with van der Waals surface area (Å²) in [6, 6.07) is 9.98. The summed E-state index contributed by atoms with van der Waals surface area (Å²) < 4.78 is 5.52. The highest BCUT2D eigenvalue weighted by Crippen LogP contribution is 2.32. The number of likely N-dealkylation sites (tertiary alicyclic amines) is 2. The Balaban J connectivity index is 1.25. The lowest BCUT2D eigenvalue weighted by Crippen LogP contribution is -2.40. The lowest BCUT2D eigenvalue weighted by Gasteiger charge is -2.32. The molecule has 7 nitrogen and oxygen atoms in total. The van der Waals surface area contributed by atoms with Gasteiger partial charge in [0.2, 0.25) is 11.8 Å². The van der Waals surface area contributed by atoms with Gasteiger partial charge in [-0.15, -0.1) is 0 Å². The van der Waals surface area contributed by atoms with Crippen LogP contribution in [0.1, 0.15) is 37.3 Å². The van der Waals surface area contributed by atoms with Crippen molar-refractivity contribution >= 4 is 28.4 Å². The molecule has 4 rings (SSSR count). The van der Waals surface area contributed by atoms with E-state index in [-0.39, 0.29) is 24.3 Å². The normalized spacial score (nSPS) is 18.0. The molecule has 0 spiro atoms. The van der Waals surface area contributed by atoms with E-state index in [0.29, 0.717) is 32.7 Å². The van der Waals surface area contributed by atoms with E-state index in [1.807, 2.05) is 35.2 Å². The zero-order chi connectivity index (χ0) is 20.2. The summed E-state index contributed by atoms with van der Waals surface area (Å²) in [4.78, 5) is 32.4. The minimum absolute atomic E-state index is 0.00985. The SMILES string of the molecule is Nc1cc2ccccc2nc1C1CCN(C(=O)COCCN2CCCC2=O)CC1. The molecule has 7 heteroatoms. The van der Waals surface area contributed by atoms with Gasteiger partial charge in [-0.25, -0.2) is 0 Å². The number of nitrogen functional groups attached to an aromatic ring is 1. The van der Waals surface area contributed by atoms with Gasteiger partial charge in [-0.1, -0.05) is 18.2 Å². The van der Waals surface area contributed by atoms with E-state index in [9.17, 15) is 9.59 Å². The van der Waals surface area contributed by atoms with E-state index in [2.05, 4.69) is 0 Å². The summed E-state index contributed by atoms with van der Waals surface area (Å²) in [7, 11) is 0. The number of carbonyl (C=O) groups excluding carboxylic acids is 2. The molecular formula is C22H28N4O3. The molecule has 3 heterocycles. The Morgan fingerprint density at radius 2 is 2.00 bits per heavy atom. The second-order valence-electron chi connectivity index (χ2n) is 7.85. The molecule has 1 aromatic heterocycles. The van der Waals surface area contributed by atoms with E-state index in [1.54, 1.807) is 4.90 Å². The minimum atomic E-state index is 0.00985. The Morgan fingerprint density at radius 1 is 1.21 bits per heavy atom. The second kappa shape index (κ2) is 8.78. The van der Waals surface area contributed by atoms with Gasteiger partial charge in [0.05, 0.1) is 23.5 Å². The molecule has 2 fully saturated rings. The van der Waals surface area contributed by atoms with E-state index in [1.165, 1.54) is 0 Å². The van der Waals surface area contributed by atoms with Crippen LogP contribution in [0.2, 0.25) is 0 Å². The van der Waals surface area contributed by atoms with Crippen molar-refractivity contribution in [3.8, 4) is 0 Å². The van der Waals surface area contributed by atoms with Gasteiger partial charge >= 0.3 is 0 Å². The summed E-state index contributed by atoms with van der Waals surface area (Å²) in [5, 5.41) is 1.05. The molecule has 29 heavy (non-hydrogen) atoms. The number of para-hydroxylation sites is 1. The van der Waals surface area contributed by atoms with Crippen LogP contribution in [0.4, 0.5) is 5.69 Å². The van der Waals surface area contributed by atoms with Crippen LogP contribution in [0.5, 0.6) is 0 Å². The highest BCUT2D eigenvalue weighted by Gasteiger charge is 2.26. The number of rotatable bonds is 6. The predicted octanol–water partition coefficient (Wildman–Crippen LogP) is 2.16. The molecule has 2 aliphatic heterocycles. The van der Waals surface area contributed by atoms with Crippen molar-refractivity contribution in [1.82, 2.24) is 14.8 Å². The average Bonchev–Trinajstić information content (AvgIpc) is 3.15. The highest BCUT2D eigenvalue weighted by atomic mass is 16.5. The summed E-state index contributed by atoms with van der Waals surface area (Å²) in [5.74, 6) is 0.463. The second-order valence-corrected chi connectivity index (χ2v) is 7.85. The summed E-state index contributed by atoms with van der Waals surface area (Å²) in [5.41, 5.74) is 8.90. The first-order valence-electron chi connectivity index (χ1n) is 10.4. The molecule has 154 valence electrons. The van der Waals surface area contributed by atoms with Crippen molar-refractivity contribution in [2.75, 3.05) is 45.1 Å². The molecule has 2 amide bonds. The van der Waals surface area contributed by atoms with Crippen LogP contribution >= 0.6 is 0 Å². The van der Waals surface area contributed by atoms with E-state index < -0.39 is 0 Å². The number of hydrogen-bond donors (Lipinski definition) is 1. The third kappa shape index (κ3) is 4.50. The summed E-state index contributed by atoms with van der Waals surface area (Å²) in [6.07, 6.45) is 3.25. The van der Waals surface area contributed by atoms with Crippen molar-refractivity contribution in [3.05, 3.63) is 36.0 Å². The van der Waals surface area contributed by atoms with Gasteiger partial charge in [0.25, 0.3) is 0 Å². The summed E-state index contributed by atoms with van der Waals surface area (Å²) in [6.45, 7) is 3.22. The molecule has 0 unspecified atom stereocenters. The Kier molecular flexibility index (Phi) is 5.94.